The van der Waals surface area contributed by atoms with Gasteiger partial charge in [0, 0.05) is 6.54 Å². The number of esters is 1. The molecule has 1 N–H and O–H groups in total. The first-order chi connectivity index (χ1) is 6.70. The minimum atomic E-state index is -0.574. The highest BCUT2D eigenvalue weighted by Gasteiger charge is 2.40. The second kappa shape index (κ2) is 4.98. The van der Waals surface area contributed by atoms with Gasteiger partial charge in [0.25, 0.3) is 0 Å². The Morgan fingerprint density at radius 3 is 2.86 bits per heavy atom. The lowest BCUT2D eigenvalue weighted by atomic mass is 9.91. The molecule has 0 aromatic heterocycles. The molecule has 1 aliphatic rings. The number of ether oxygens (including phenoxy) is 1. The minimum absolute atomic E-state index is 0.117. The third kappa shape index (κ3) is 2.25. The third-order valence-electron chi connectivity index (χ3n) is 2.49. The van der Waals surface area contributed by atoms with Gasteiger partial charge in [-0.05, 0) is 19.3 Å². The Bertz CT molecular complexity index is 227. The largest absolute Gasteiger partial charge is 0.465 e. The summed E-state index contributed by atoms with van der Waals surface area (Å²) in [6.45, 7) is 4.74. The summed E-state index contributed by atoms with van der Waals surface area (Å²) in [6.07, 6.45) is 1.87. The van der Waals surface area contributed by atoms with Gasteiger partial charge in [-0.3, -0.25) is 9.59 Å². The molecule has 0 saturated carbocycles. The van der Waals surface area contributed by atoms with Crippen molar-refractivity contribution < 1.29 is 14.3 Å². The molecule has 2 atom stereocenters. The molecule has 1 fully saturated rings. The van der Waals surface area contributed by atoms with Crippen molar-refractivity contribution in [2.75, 3.05) is 13.2 Å². The summed E-state index contributed by atoms with van der Waals surface area (Å²) in [5.41, 5.74) is 0. The minimum Gasteiger partial charge on any atom is -0.465 e. The molecule has 0 bridgehead atoms. The first-order valence-electron chi connectivity index (χ1n) is 5.15. The van der Waals surface area contributed by atoms with Gasteiger partial charge in [-0.25, -0.2) is 0 Å². The zero-order valence-electron chi connectivity index (χ0n) is 8.71. The molecule has 4 nitrogen and oxygen atoms in total. The van der Waals surface area contributed by atoms with E-state index in [1.165, 1.54) is 0 Å². The molecule has 0 unspecified atom stereocenters. The van der Waals surface area contributed by atoms with Crippen molar-refractivity contribution in [3.05, 3.63) is 0 Å². The van der Waals surface area contributed by atoms with E-state index in [4.69, 9.17) is 4.74 Å². The van der Waals surface area contributed by atoms with Crippen LogP contribution in [-0.4, -0.2) is 25.0 Å². The van der Waals surface area contributed by atoms with E-state index < -0.39 is 5.92 Å². The number of hydrogen-bond acceptors (Lipinski definition) is 3. The molecular weight excluding hydrogens is 182 g/mol. The maximum absolute atomic E-state index is 11.5. The molecule has 1 amide bonds. The number of carbonyl (C=O) groups is 2. The van der Waals surface area contributed by atoms with E-state index in [0.29, 0.717) is 13.2 Å². The fourth-order valence-electron chi connectivity index (χ4n) is 1.84. The second-order valence-electron chi connectivity index (χ2n) is 3.52. The average Bonchev–Trinajstić information content (AvgIpc) is 2.48. The monoisotopic (exact) mass is 199 g/mol. The summed E-state index contributed by atoms with van der Waals surface area (Å²) < 4.78 is 4.87. The van der Waals surface area contributed by atoms with Crippen LogP contribution in [0.25, 0.3) is 0 Å². The number of rotatable bonds is 4. The first-order valence-corrected chi connectivity index (χ1v) is 5.15. The molecular formula is C10H17NO3. The molecule has 0 aromatic carbocycles. The van der Waals surface area contributed by atoms with Crippen LogP contribution in [0.4, 0.5) is 0 Å². The van der Waals surface area contributed by atoms with Gasteiger partial charge in [0.15, 0.2) is 0 Å². The van der Waals surface area contributed by atoms with Crippen molar-refractivity contribution in [1.82, 2.24) is 5.32 Å². The highest BCUT2D eigenvalue weighted by molar-refractivity contribution is 5.99. The zero-order valence-corrected chi connectivity index (χ0v) is 8.71. The molecule has 1 aliphatic heterocycles. The molecule has 0 aromatic rings. The predicted molar refractivity (Wildman–Crippen MR) is 51.5 cm³/mol. The van der Waals surface area contributed by atoms with Gasteiger partial charge in [-0.15, -0.1) is 0 Å². The Hall–Kier alpha value is -1.06. The number of hydrogen-bond donors (Lipinski definition) is 1. The summed E-state index contributed by atoms with van der Waals surface area (Å²) in [5.74, 6) is -1.01. The molecule has 0 radical (unpaired) electrons. The highest BCUT2D eigenvalue weighted by atomic mass is 16.5. The van der Waals surface area contributed by atoms with Crippen molar-refractivity contribution >= 4 is 11.9 Å². The van der Waals surface area contributed by atoms with Crippen LogP contribution in [0.2, 0.25) is 0 Å². The Morgan fingerprint density at radius 2 is 2.29 bits per heavy atom. The van der Waals surface area contributed by atoms with Gasteiger partial charge in [-0.2, -0.15) is 0 Å². The van der Waals surface area contributed by atoms with E-state index in [0.717, 1.165) is 12.8 Å². The Balaban J connectivity index is 2.61. The van der Waals surface area contributed by atoms with Gasteiger partial charge >= 0.3 is 5.97 Å². The van der Waals surface area contributed by atoms with Crippen molar-refractivity contribution in [3.8, 4) is 0 Å². The summed E-state index contributed by atoms with van der Waals surface area (Å²) in [7, 11) is 0. The maximum atomic E-state index is 11.5. The molecule has 80 valence electrons. The maximum Gasteiger partial charge on any atom is 0.318 e. The zero-order chi connectivity index (χ0) is 10.6. The van der Waals surface area contributed by atoms with Crippen molar-refractivity contribution in [2.24, 2.45) is 11.8 Å². The number of nitrogens with one attached hydrogen (secondary N) is 1. The van der Waals surface area contributed by atoms with E-state index in [9.17, 15) is 9.59 Å². The van der Waals surface area contributed by atoms with E-state index in [-0.39, 0.29) is 17.8 Å². The summed E-state index contributed by atoms with van der Waals surface area (Å²) in [5, 5.41) is 2.70. The van der Waals surface area contributed by atoms with Crippen LogP contribution in [0.3, 0.4) is 0 Å². The van der Waals surface area contributed by atoms with E-state index in [1.807, 2.05) is 6.92 Å². The van der Waals surface area contributed by atoms with Gasteiger partial charge in [0.05, 0.1) is 6.61 Å². The number of amides is 1. The lowest BCUT2D eigenvalue weighted by molar-refractivity contribution is -0.152. The molecule has 1 rings (SSSR count). The van der Waals surface area contributed by atoms with Crippen LogP contribution in [0.5, 0.6) is 0 Å². The van der Waals surface area contributed by atoms with Crippen LogP contribution >= 0.6 is 0 Å². The molecule has 1 saturated heterocycles. The smallest absolute Gasteiger partial charge is 0.318 e. The van der Waals surface area contributed by atoms with Crippen LogP contribution in [0.1, 0.15) is 26.7 Å². The third-order valence-corrected chi connectivity index (χ3v) is 2.49. The standard InChI is InChI=1S/C10H17NO3/c1-3-5-7-6-11-9(12)8(7)10(13)14-4-2/h7-8H,3-6H2,1-2H3,(H,11,12)/t7-,8+/m0/s1. The average molecular weight is 199 g/mol. The van der Waals surface area contributed by atoms with E-state index in [1.54, 1.807) is 6.92 Å². The van der Waals surface area contributed by atoms with Crippen LogP contribution in [0.15, 0.2) is 0 Å². The Morgan fingerprint density at radius 1 is 1.57 bits per heavy atom. The van der Waals surface area contributed by atoms with Gasteiger partial charge in [0.2, 0.25) is 5.91 Å². The van der Waals surface area contributed by atoms with Gasteiger partial charge in [-0.1, -0.05) is 13.3 Å². The fourth-order valence-corrected chi connectivity index (χ4v) is 1.84. The predicted octanol–water partition coefficient (Wildman–Crippen LogP) is 0.712. The lowest BCUT2D eigenvalue weighted by Gasteiger charge is -2.13. The molecule has 1 heterocycles. The van der Waals surface area contributed by atoms with Crippen molar-refractivity contribution in [3.63, 3.8) is 0 Å². The van der Waals surface area contributed by atoms with Crippen LogP contribution in [0, 0.1) is 11.8 Å². The molecule has 14 heavy (non-hydrogen) atoms. The molecule has 0 spiro atoms. The van der Waals surface area contributed by atoms with Crippen LogP contribution in [-0.2, 0) is 14.3 Å². The van der Waals surface area contributed by atoms with E-state index >= 15 is 0 Å². The highest BCUT2D eigenvalue weighted by Crippen LogP contribution is 2.23. The molecule has 4 heteroatoms. The lowest BCUT2D eigenvalue weighted by Crippen LogP contribution is -2.29. The Labute approximate surface area is 84.0 Å². The van der Waals surface area contributed by atoms with Crippen molar-refractivity contribution in [2.45, 2.75) is 26.7 Å². The summed E-state index contributed by atoms with van der Waals surface area (Å²) in [6, 6.07) is 0. The van der Waals surface area contributed by atoms with Crippen LogP contribution < -0.4 is 5.32 Å². The molecule has 0 aliphatic carbocycles. The Kier molecular flexibility index (Phi) is 3.92. The van der Waals surface area contributed by atoms with Gasteiger partial charge < -0.3 is 10.1 Å². The SMILES string of the molecule is CCC[C@H]1CNC(=O)[C@@H]1C(=O)OCC. The number of carbonyl (C=O) groups excluding carboxylic acids is 2. The van der Waals surface area contributed by atoms with Crippen molar-refractivity contribution in [1.29, 1.82) is 0 Å². The van der Waals surface area contributed by atoms with E-state index in [2.05, 4.69) is 5.32 Å². The second-order valence-corrected chi connectivity index (χ2v) is 3.52. The normalized spacial score (nSPS) is 26.0. The summed E-state index contributed by atoms with van der Waals surface area (Å²) >= 11 is 0. The van der Waals surface area contributed by atoms with Gasteiger partial charge in [0.1, 0.15) is 5.92 Å². The fraction of sp³-hybridized carbons (Fsp3) is 0.800. The summed E-state index contributed by atoms with van der Waals surface area (Å²) in [4.78, 5) is 22.8. The first kappa shape index (κ1) is 11.0. The quantitative estimate of drug-likeness (QED) is 0.536. The topological polar surface area (TPSA) is 55.4 Å².